The second-order valence-corrected chi connectivity index (χ2v) is 9.74. The highest BCUT2D eigenvalue weighted by atomic mass is 19.1. The molecule has 7 nitrogen and oxygen atoms in total. The van der Waals surface area contributed by atoms with E-state index in [1.54, 1.807) is 32.4 Å². The van der Waals surface area contributed by atoms with Gasteiger partial charge in [-0.2, -0.15) is 0 Å². The normalized spacial score (nSPS) is 21.8. The number of benzene rings is 1. The molecule has 198 valence electrons. The average molecular weight is 505 g/mol. The van der Waals surface area contributed by atoms with E-state index >= 15 is 0 Å². The lowest BCUT2D eigenvalue weighted by Crippen LogP contribution is -2.44. The molecule has 2 aromatic rings. The quantitative estimate of drug-likeness (QED) is 0.386. The van der Waals surface area contributed by atoms with Gasteiger partial charge >= 0.3 is 0 Å². The number of nitrogens with zero attached hydrogens (tertiary/aromatic N) is 1. The zero-order chi connectivity index (χ0) is 25.4. The van der Waals surface area contributed by atoms with E-state index < -0.39 is 11.6 Å². The average Bonchev–Trinajstić information content (AvgIpc) is 2.91. The molecule has 1 saturated heterocycles. The zero-order valence-electron chi connectivity index (χ0n) is 21.2. The molecule has 2 fully saturated rings. The summed E-state index contributed by atoms with van der Waals surface area (Å²) in [6, 6.07) is 7.02. The number of anilines is 2. The van der Waals surface area contributed by atoms with Crippen molar-refractivity contribution >= 4 is 11.5 Å². The molecule has 4 rings (SSSR count). The molecule has 2 aliphatic rings. The first kappa shape index (κ1) is 26.7. The van der Waals surface area contributed by atoms with E-state index in [1.807, 2.05) is 0 Å². The number of hydrogen-bond acceptors (Lipinski definition) is 7. The predicted octanol–water partition coefficient (Wildman–Crippen LogP) is 4.59. The Balaban J connectivity index is 1.41. The first-order valence-electron chi connectivity index (χ1n) is 12.8. The van der Waals surface area contributed by atoms with E-state index in [2.05, 4.69) is 20.9 Å². The summed E-state index contributed by atoms with van der Waals surface area (Å²) in [6.45, 7) is 3.41. The predicted molar refractivity (Wildman–Crippen MR) is 137 cm³/mol. The molecule has 0 spiro atoms. The van der Waals surface area contributed by atoms with Crippen LogP contribution in [0.2, 0.25) is 0 Å². The summed E-state index contributed by atoms with van der Waals surface area (Å²) in [7, 11) is 3.41. The minimum atomic E-state index is -0.555. The van der Waals surface area contributed by atoms with Crippen molar-refractivity contribution in [3.05, 3.63) is 42.1 Å². The maximum absolute atomic E-state index is 14.8. The van der Waals surface area contributed by atoms with Crippen LogP contribution in [0.25, 0.3) is 11.1 Å². The van der Waals surface area contributed by atoms with Gasteiger partial charge in [-0.1, -0.05) is 0 Å². The van der Waals surface area contributed by atoms with E-state index in [9.17, 15) is 8.78 Å². The minimum absolute atomic E-state index is 0.191. The molecule has 3 N–H and O–H groups in total. The molecule has 0 unspecified atom stereocenters. The molecule has 0 bridgehead atoms. The standard InChI is InChI=1S/C27H38F2N4O3/c1-34-14-11-30-19-3-5-20(6-4-19)33-26-16-23(25(29)17-31-26)22-15-21(7-8-24(22)28)32-18-27(35-2)9-12-36-13-10-27/h7-8,15-17,19-20,30,32H,3-6,9-14,18H2,1-2H3,(H,31,33)/t19-,20-. The van der Waals surface area contributed by atoms with E-state index in [0.29, 0.717) is 43.9 Å². The Kier molecular flexibility index (Phi) is 9.47. The molecule has 0 radical (unpaired) electrons. The minimum Gasteiger partial charge on any atom is -0.383 e. The van der Waals surface area contributed by atoms with E-state index in [-0.39, 0.29) is 22.8 Å². The monoisotopic (exact) mass is 504 g/mol. The van der Waals surface area contributed by atoms with Crippen molar-refractivity contribution in [3.8, 4) is 11.1 Å². The topological polar surface area (TPSA) is 76.7 Å². The lowest BCUT2D eigenvalue weighted by Gasteiger charge is -2.36. The molecule has 1 aliphatic heterocycles. The van der Waals surface area contributed by atoms with Crippen LogP contribution in [0.4, 0.5) is 20.3 Å². The fourth-order valence-corrected chi connectivity index (χ4v) is 5.04. The molecular weight excluding hydrogens is 466 g/mol. The molecule has 9 heteroatoms. The molecule has 36 heavy (non-hydrogen) atoms. The van der Waals surface area contributed by atoms with Crippen molar-refractivity contribution in [2.45, 2.75) is 56.2 Å². The third-order valence-corrected chi connectivity index (χ3v) is 7.38. The van der Waals surface area contributed by atoms with Crippen LogP contribution in [0.15, 0.2) is 30.5 Å². The van der Waals surface area contributed by atoms with Gasteiger partial charge in [-0.3, -0.25) is 0 Å². The van der Waals surface area contributed by atoms with Crippen molar-refractivity contribution in [1.82, 2.24) is 10.3 Å². The van der Waals surface area contributed by atoms with Crippen molar-refractivity contribution < 1.29 is 23.0 Å². The fraction of sp³-hybridized carbons (Fsp3) is 0.593. The lowest BCUT2D eigenvalue weighted by atomic mass is 9.91. The first-order chi connectivity index (χ1) is 17.5. The zero-order valence-corrected chi connectivity index (χ0v) is 21.2. The molecule has 1 aromatic carbocycles. The highest BCUT2D eigenvalue weighted by Gasteiger charge is 2.32. The molecule has 1 saturated carbocycles. The van der Waals surface area contributed by atoms with E-state index in [0.717, 1.165) is 51.3 Å². The number of halogens is 2. The smallest absolute Gasteiger partial charge is 0.149 e. The lowest BCUT2D eigenvalue weighted by molar-refractivity contribution is -0.0807. The second-order valence-electron chi connectivity index (χ2n) is 9.74. The molecular formula is C27H38F2N4O3. The van der Waals surface area contributed by atoms with Gasteiger partial charge in [-0.25, -0.2) is 13.8 Å². The third kappa shape index (κ3) is 6.91. The number of ether oxygens (including phenoxy) is 3. The van der Waals surface area contributed by atoms with Crippen LogP contribution < -0.4 is 16.0 Å². The van der Waals surface area contributed by atoms with Crippen molar-refractivity contribution in [2.75, 3.05) is 57.8 Å². The van der Waals surface area contributed by atoms with Crippen LogP contribution in [-0.2, 0) is 14.2 Å². The van der Waals surface area contributed by atoms with Gasteiger partial charge in [0.05, 0.1) is 18.4 Å². The van der Waals surface area contributed by atoms with E-state index in [4.69, 9.17) is 14.2 Å². The summed E-state index contributed by atoms with van der Waals surface area (Å²) >= 11 is 0. The summed E-state index contributed by atoms with van der Waals surface area (Å²) in [5.41, 5.74) is 0.771. The van der Waals surface area contributed by atoms with Gasteiger partial charge in [0.15, 0.2) is 0 Å². The molecule has 0 amide bonds. The Morgan fingerprint density at radius 1 is 1.00 bits per heavy atom. The summed E-state index contributed by atoms with van der Waals surface area (Å²) < 4.78 is 46.0. The third-order valence-electron chi connectivity index (χ3n) is 7.38. The number of pyridine rings is 1. The first-order valence-corrected chi connectivity index (χ1v) is 12.8. The molecule has 2 heterocycles. The van der Waals surface area contributed by atoms with Gasteiger partial charge in [0.1, 0.15) is 17.5 Å². The SMILES string of the molecule is COCCN[C@H]1CC[C@H](Nc2cc(-c3cc(NCC4(OC)CCOCC4)ccc3F)c(F)cn2)CC1. The van der Waals surface area contributed by atoms with Crippen LogP contribution in [0, 0.1) is 11.6 Å². The van der Waals surface area contributed by atoms with Crippen LogP contribution >= 0.6 is 0 Å². The summed E-state index contributed by atoms with van der Waals surface area (Å²) in [4.78, 5) is 4.22. The highest BCUT2D eigenvalue weighted by Crippen LogP contribution is 2.32. The molecule has 0 atom stereocenters. The molecule has 1 aromatic heterocycles. The van der Waals surface area contributed by atoms with Crippen LogP contribution in [-0.4, -0.2) is 69.8 Å². The van der Waals surface area contributed by atoms with Crippen LogP contribution in [0.3, 0.4) is 0 Å². The van der Waals surface area contributed by atoms with Crippen molar-refractivity contribution in [3.63, 3.8) is 0 Å². The van der Waals surface area contributed by atoms with Gasteiger partial charge in [0, 0.05) is 82.3 Å². The largest absolute Gasteiger partial charge is 0.383 e. The number of aromatic nitrogens is 1. The summed E-state index contributed by atoms with van der Waals surface area (Å²) in [5.74, 6) is -0.479. The van der Waals surface area contributed by atoms with Crippen LogP contribution in [0.1, 0.15) is 38.5 Å². The van der Waals surface area contributed by atoms with E-state index in [1.165, 1.54) is 6.07 Å². The Morgan fingerprint density at radius 3 is 2.44 bits per heavy atom. The van der Waals surface area contributed by atoms with Gasteiger partial charge < -0.3 is 30.2 Å². The second kappa shape index (κ2) is 12.8. The summed E-state index contributed by atoms with van der Waals surface area (Å²) in [5, 5.41) is 10.3. The fourth-order valence-electron chi connectivity index (χ4n) is 5.04. The molecule has 1 aliphatic carbocycles. The van der Waals surface area contributed by atoms with Gasteiger partial charge in [0.25, 0.3) is 0 Å². The van der Waals surface area contributed by atoms with Gasteiger partial charge in [0.2, 0.25) is 0 Å². The highest BCUT2D eigenvalue weighted by molar-refractivity contribution is 5.71. The van der Waals surface area contributed by atoms with Crippen LogP contribution in [0.5, 0.6) is 0 Å². The Bertz CT molecular complexity index is 979. The van der Waals surface area contributed by atoms with Gasteiger partial charge in [-0.05, 0) is 49.9 Å². The number of methoxy groups -OCH3 is 2. The number of rotatable bonds is 11. The van der Waals surface area contributed by atoms with Crippen molar-refractivity contribution in [2.24, 2.45) is 0 Å². The number of hydrogen-bond donors (Lipinski definition) is 3. The maximum atomic E-state index is 14.8. The Morgan fingerprint density at radius 2 is 1.72 bits per heavy atom. The maximum Gasteiger partial charge on any atom is 0.149 e. The Hall–Kier alpha value is -2.33. The van der Waals surface area contributed by atoms with Crippen molar-refractivity contribution in [1.29, 1.82) is 0 Å². The van der Waals surface area contributed by atoms with Gasteiger partial charge in [-0.15, -0.1) is 0 Å². The summed E-state index contributed by atoms with van der Waals surface area (Å²) in [6.07, 6.45) is 6.79. The number of nitrogens with one attached hydrogen (secondary N) is 3. The Labute approximate surface area is 212 Å².